The number of carboxylic acids is 1. The van der Waals surface area contributed by atoms with Crippen molar-refractivity contribution in [2.75, 3.05) is 13.1 Å². The van der Waals surface area contributed by atoms with Crippen LogP contribution in [0.3, 0.4) is 0 Å². The SMILES string of the molecule is O=C(O)C(=O)CCCCCCCN1CC=C(c2ccccc2)C(c2ccccc2)=N1. The van der Waals surface area contributed by atoms with Crippen molar-refractivity contribution in [3.8, 4) is 0 Å². The molecule has 5 nitrogen and oxygen atoms in total. The van der Waals surface area contributed by atoms with Crippen LogP contribution in [0, 0.1) is 0 Å². The highest BCUT2D eigenvalue weighted by Crippen LogP contribution is 2.24. The number of carbonyl (C=O) groups excluding carboxylic acids is 1. The van der Waals surface area contributed by atoms with Gasteiger partial charge < -0.3 is 5.11 Å². The van der Waals surface area contributed by atoms with E-state index in [-0.39, 0.29) is 6.42 Å². The van der Waals surface area contributed by atoms with Crippen molar-refractivity contribution in [1.82, 2.24) is 5.01 Å². The Morgan fingerprint density at radius 3 is 2.10 bits per heavy atom. The molecular formula is C25H28N2O3. The van der Waals surface area contributed by atoms with E-state index in [0.717, 1.165) is 50.0 Å². The van der Waals surface area contributed by atoms with Gasteiger partial charge >= 0.3 is 5.97 Å². The Morgan fingerprint density at radius 1 is 0.833 bits per heavy atom. The van der Waals surface area contributed by atoms with Crippen LogP contribution in [0.25, 0.3) is 5.57 Å². The van der Waals surface area contributed by atoms with Gasteiger partial charge in [-0.3, -0.25) is 9.80 Å². The lowest BCUT2D eigenvalue weighted by molar-refractivity contribution is -0.149. The van der Waals surface area contributed by atoms with Crippen LogP contribution in [-0.4, -0.2) is 40.7 Å². The van der Waals surface area contributed by atoms with Crippen molar-refractivity contribution in [1.29, 1.82) is 0 Å². The molecule has 2 aromatic carbocycles. The first-order valence-corrected chi connectivity index (χ1v) is 10.6. The number of rotatable bonds is 11. The minimum absolute atomic E-state index is 0.138. The number of hydrazone groups is 1. The highest BCUT2D eigenvalue weighted by Gasteiger charge is 2.18. The molecular weight excluding hydrogens is 376 g/mol. The maximum absolute atomic E-state index is 11.1. The number of carbonyl (C=O) groups is 2. The summed E-state index contributed by atoms with van der Waals surface area (Å²) in [7, 11) is 0. The Labute approximate surface area is 177 Å². The van der Waals surface area contributed by atoms with Crippen molar-refractivity contribution >= 4 is 23.0 Å². The zero-order valence-electron chi connectivity index (χ0n) is 17.2. The molecule has 30 heavy (non-hydrogen) atoms. The minimum atomic E-state index is -1.32. The molecule has 0 unspecified atom stereocenters. The van der Waals surface area contributed by atoms with Crippen LogP contribution < -0.4 is 0 Å². The van der Waals surface area contributed by atoms with Gasteiger partial charge in [-0.2, -0.15) is 5.10 Å². The normalized spacial score (nSPS) is 13.5. The molecule has 1 aliphatic heterocycles. The van der Waals surface area contributed by atoms with Gasteiger partial charge in [-0.1, -0.05) is 86.0 Å². The van der Waals surface area contributed by atoms with Crippen molar-refractivity contribution in [2.24, 2.45) is 5.10 Å². The largest absolute Gasteiger partial charge is 0.476 e. The predicted molar refractivity (Wildman–Crippen MR) is 119 cm³/mol. The fourth-order valence-electron chi connectivity index (χ4n) is 3.57. The van der Waals surface area contributed by atoms with Gasteiger partial charge in [0.15, 0.2) is 0 Å². The number of allylic oxidation sites excluding steroid dienone is 1. The number of nitrogens with zero attached hydrogens (tertiary/aromatic N) is 2. The Kier molecular flexibility index (Phi) is 7.95. The van der Waals surface area contributed by atoms with E-state index in [0.29, 0.717) is 6.42 Å². The van der Waals surface area contributed by atoms with E-state index in [2.05, 4.69) is 47.5 Å². The van der Waals surface area contributed by atoms with Crippen LogP contribution in [0.1, 0.15) is 49.7 Å². The topological polar surface area (TPSA) is 70.0 Å². The van der Waals surface area contributed by atoms with Gasteiger partial charge in [0.1, 0.15) is 0 Å². The molecule has 2 aromatic rings. The van der Waals surface area contributed by atoms with Gasteiger partial charge in [-0.15, -0.1) is 0 Å². The quantitative estimate of drug-likeness (QED) is 0.432. The van der Waals surface area contributed by atoms with Crippen LogP contribution in [0.4, 0.5) is 0 Å². The van der Waals surface area contributed by atoms with E-state index >= 15 is 0 Å². The maximum atomic E-state index is 11.1. The van der Waals surface area contributed by atoms with Crippen molar-refractivity contribution in [3.05, 3.63) is 77.9 Å². The molecule has 0 amide bonds. The number of Topliss-reactive ketones (excluding diaryl/α,β-unsaturated/α-hetero) is 1. The van der Waals surface area contributed by atoms with Crippen molar-refractivity contribution in [3.63, 3.8) is 0 Å². The van der Waals surface area contributed by atoms with Gasteiger partial charge in [-0.25, -0.2) is 4.79 Å². The first kappa shape index (κ1) is 21.5. The molecule has 0 spiro atoms. The van der Waals surface area contributed by atoms with E-state index in [4.69, 9.17) is 10.2 Å². The number of hydrogen-bond donors (Lipinski definition) is 1. The first-order valence-electron chi connectivity index (χ1n) is 10.6. The number of benzene rings is 2. The van der Waals surface area contributed by atoms with Crippen LogP contribution in [0.2, 0.25) is 0 Å². The van der Waals surface area contributed by atoms with Crippen LogP contribution in [-0.2, 0) is 9.59 Å². The Bertz CT molecular complexity index is 905. The highest BCUT2D eigenvalue weighted by atomic mass is 16.4. The van der Waals surface area contributed by atoms with Crippen LogP contribution >= 0.6 is 0 Å². The molecule has 0 bridgehead atoms. The molecule has 5 heteroatoms. The van der Waals surface area contributed by atoms with Crippen LogP contribution in [0.15, 0.2) is 71.8 Å². The molecule has 0 saturated heterocycles. The van der Waals surface area contributed by atoms with E-state index < -0.39 is 11.8 Å². The zero-order valence-corrected chi connectivity index (χ0v) is 17.2. The molecule has 0 saturated carbocycles. The third kappa shape index (κ3) is 6.14. The number of aliphatic carboxylic acids is 1. The van der Waals surface area contributed by atoms with E-state index in [1.165, 1.54) is 11.1 Å². The summed E-state index contributed by atoms with van der Waals surface area (Å²) in [5.74, 6) is -2.01. The number of hydrogen-bond acceptors (Lipinski definition) is 4. The lowest BCUT2D eigenvalue weighted by Crippen LogP contribution is -2.26. The number of carboxylic acid groups (broad SMARTS) is 1. The average Bonchev–Trinajstić information content (AvgIpc) is 2.79. The summed E-state index contributed by atoms with van der Waals surface area (Å²) < 4.78 is 0. The summed E-state index contributed by atoms with van der Waals surface area (Å²) in [4.78, 5) is 21.6. The van der Waals surface area contributed by atoms with E-state index in [1.54, 1.807) is 0 Å². The third-order valence-electron chi connectivity index (χ3n) is 5.19. The molecule has 0 aromatic heterocycles. The molecule has 0 fully saturated rings. The predicted octanol–water partition coefficient (Wildman–Crippen LogP) is 4.78. The molecule has 1 heterocycles. The number of ketones is 1. The Hall–Kier alpha value is -3.21. The van der Waals surface area contributed by atoms with Gasteiger partial charge in [0.25, 0.3) is 0 Å². The fourth-order valence-corrected chi connectivity index (χ4v) is 3.57. The van der Waals surface area contributed by atoms with E-state index in [9.17, 15) is 9.59 Å². The second kappa shape index (κ2) is 11.1. The summed E-state index contributed by atoms with van der Waals surface area (Å²) in [6.45, 7) is 1.66. The molecule has 3 rings (SSSR count). The summed E-state index contributed by atoms with van der Waals surface area (Å²) >= 11 is 0. The van der Waals surface area contributed by atoms with Gasteiger partial charge in [0.05, 0.1) is 12.3 Å². The summed E-state index contributed by atoms with van der Waals surface area (Å²) in [5.41, 5.74) is 4.46. The molecule has 1 N–H and O–H groups in total. The zero-order chi connectivity index (χ0) is 21.2. The highest BCUT2D eigenvalue weighted by molar-refractivity contribution is 6.32. The van der Waals surface area contributed by atoms with Crippen LogP contribution in [0.5, 0.6) is 0 Å². The van der Waals surface area contributed by atoms with Crippen molar-refractivity contribution in [2.45, 2.75) is 38.5 Å². The first-order chi connectivity index (χ1) is 14.6. The summed E-state index contributed by atoms with van der Waals surface area (Å²) in [6.07, 6.45) is 6.99. The molecule has 0 radical (unpaired) electrons. The molecule has 156 valence electrons. The van der Waals surface area contributed by atoms with Gasteiger partial charge in [0, 0.05) is 24.1 Å². The standard InChI is InChI=1S/C25H28N2O3/c28-23(25(29)30)16-10-2-1-3-11-18-27-19-17-22(20-12-6-4-7-13-20)24(26-27)21-14-8-5-9-15-21/h4-9,12-15,17H,1-3,10-11,16,18-19H2,(H,29,30). The molecule has 1 aliphatic rings. The number of unbranched alkanes of at least 4 members (excludes halogenated alkanes) is 4. The lowest BCUT2D eigenvalue weighted by Gasteiger charge is -2.26. The maximum Gasteiger partial charge on any atom is 0.372 e. The Balaban J connectivity index is 1.53. The molecule has 0 atom stereocenters. The van der Waals surface area contributed by atoms with Gasteiger partial charge in [-0.05, 0) is 18.4 Å². The van der Waals surface area contributed by atoms with Crippen molar-refractivity contribution < 1.29 is 14.7 Å². The second-order valence-corrected chi connectivity index (χ2v) is 7.46. The monoisotopic (exact) mass is 404 g/mol. The lowest BCUT2D eigenvalue weighted by atomic mass is 9.95. The van der Waals surface area contributed by atoms with Gasteiger partial charge in [0.2, 0.25) is 5.78 Å². The summed E-state index contributed by atoms with van der Waals surface area (Å²) in [5, 5.41) is 15.7. The Morgan fingerprint density at radius 2 is 1.43 bits per heavy atom. The molecule has 0 aliphatic carbocycles. The second-order valence-electron chi connectivity index (χ2n) is 7.46. The van der Waals surface area contributed by atoms with E-state index in [1.807, 2.05) is 24.3 Å². The minimum Gasteiger partial charge on any atom is -0.476 e. The smallest absolute Gasteiger partial charge is 0.372 e. The third-order valence-corrected chi connectivity index (χ3v) is 5.19. The summed E-state index contributed by atoms with van der Waals surface area (Å²) in [6, 6.07) is 20.6. The average molecular weight is 405 g/mol. The fraction of sp³-hybridized carbons (Fsp3) is 0.320.